The second kappa shape index (κ2) is 5.43. The second-order valence-electron chi connectivity index (χ2n) is 4.96. The van der Waals surface area contributed by atoms with E-state index in [1.54, 1.807) is 6.33 Å². The highest BCUT2D eigenvalue weighted by Gasteiger charge is 2.19. The van der Waals surface area contributed by atoms with Crippen molar-refractivity contribution in [1.82, 2.24) is 14.9 Å². The van der Waals surface area contributed by atoms with Crippen LogP contribution in [-0.2, 0) is 0 Å². The van der Waals surface area contributed by atoms with E-state index < -0.39 is 0 Å². The summed E-state index contributed by atoms with van der Waals surface area (Å²) in [7, 11) is 2.15. The van der Waals surface area contributed by atoms with E-state index in [9.17, 15) is 0 Å². The second-order valence-corrected chi connectivity index (χ2v) is 5.88. The van der Waals surface area contributed by atoms with Gasteiger partial charge in [-0.25, -0.2) is 9.97 Å². The summed E-state index contributed by atoms with van der Waals surface area (Å²) in [5.41, 5.74) is 0.918. The van der Waals surface area contributed by atoms with Gasteiger partial charge in [0.15, 0.2) is 0 Å². The van der Waals surface area contributed by atoms with E-state index in [4.69, 9.17) is 4.74 Å². The molecule has 0 amide bonds. The summed E-state index contributed by atoms with van der Waals surface area (Å²) in [6.45, 7) is 2.16. The Morgan fingerprint density at radius 2 is 2.05 bits per heavy atom. The molecule has 4 nitrogen and oxygen atoms in total. The maximum atomic E-state index is 6.07. The fourth-order valence-electron chi connectivity index (χ4n) is 2.36. The van der Waals surface area contributed by atoms with Crippen molar-refractivity contribution in [2.24, 2.45) is 0 Å². The van der Waals surface area contributed by atoms with E-state index in [1.165, 1.54) is 0 Å². The first-order valence-corrected chi connectivity index (χ1v) is 7.27. The van der Waals surface area contributed by atoms with Crippen molar-refractivity contribution < 1.29 is 4.74 Å². The minimum atomic E-state index is 0.258. The van der Waals surface area contributed by atoms with E-state index in [0.29, 0.717) is 5.88 Å². The summed E-state index contributed by atoms with van der Waals surface area (Å²) in [5.74, 6) is 0.695. The molecule has 100 valence electrons. The zero-order valence-corrected chi connectivity index (χ0v) is 12.4. The summed E-state index contributed by atoms with van der Waals surface area (Å²) in [5, 5.41) is 0.968. The molecule has 0 spiro atoms. The Hall–Kier alpha value is -1.20. The number of ether oxygens (including phenoxy) is 1. The Morgan fingerprint density at radius 1 is 1.26 bits per heavy atom. The van der Waals surface area contributed by atoms with E-state index >= 15 is 0 Å². The maximum Gasteiger partial charge on any atom is 0.224 e. The van der Waals surface area contributed by atoms with Crippen molar-refractivity contribution in [2.45, 2.75) is 18.9 Å². The summed E-state index contributed by atoms with van der Waals surface area (Å²) in [6.07, 6.45) is 3.93. The van der Waals surface area contributed by atoms with Crippen LogP contribution in [0.1, 0.15) is 12.8 Å². The molecule has 0 aliphatic carbocycles. The molecule has 5 heteroatoms. The summed E-state index contributed by atoms with van der Waals surface area (Å²) >= 11 is 3.48. The molecule has 2 heterocycles. The van der Waals surface area contributed by atoms with Crippen molar-refractivity contribution in [2.75, 3.05) is 20.1 Å². The van der Waals surface area contributed by atoms with Crippen LogP contribution in [0.2, 0.25) is 0 Å². The molecule has 0 bridgehead atoms. The normalized spacial score (nSPS) is 17.8. The van der Waals surface area contributed by atoms with Gasteiger partial charge in [-0.2, -0.15) is 0 Å². The molecular formula is C14H16BrN3O. The molecule has 0 N–H and O–H groups in total. The van der Waals surface area contributed by atoms with Crippen molar-refractivity contribution in [1.29, 1.82) is 0 Å². The number of rotatable bonds is 2. The highest BCUT2D eigenvalue weighted by atomic mass is 79.9. The van der Waals surface area contributed by atoms with Gasteiger partial charge >= 0.3 is 0 Å². The van der Waals surface area contributed by atoms with Gasteiger partial charge in [0.1, 0.15) is 12.4 Å². The van der Waals surface area contributed by atoms with E-state index in [-0.39, 0.29) is 6.10 Å². The zero-order chi connectivity index (χ0) is 13.2. The fourth-order valence-corrected chi connectivity index (χ4v) is 2.72. The molecule has 3 rings (SSSR count). The molecule has 1 fully saturated rings. The van der Waals surface area contributed by atoms with Gasteiger partial charge in [-0.1, -0.05) is 15.9 Å². The molecule has 0 radical (unpaired) electrons. The number of fused-ring (bicyclic) bond motifs is 1. The zero-order valence-electron chi connectivity index (χ0n) is 10.8. The monoisotopic (exact) mass is 321 g/mol. The summed E-state index contributed by atoms with van der Waals surface area (Å²) in [6, 6.07) is 5.97. The van der Waals surface area contributed by atoms with Crippen LogP contribution in [0, 0.1) is 0 Å². The standard InChI is InChI=1S/C14H16BrN3O/c1-18-6-4-11(5-7-18)19-14-12-8-10(15)2-3-13(12)16-9-17-14/h2-3,8-9,11H,4-7H2,1H3. The largest absolute Gasteiger partial charge is 0.474 e. The minimum Gasteiger partial charge on any atom is -0.474 e. The van der Waals surface area contributed by atoms with Gasteiger partial charge in [0.2, 0.25) is 5.88 Å². The lowest BCUT2D eigenvalue weighted by molar-refractivity contribution is 0.111. The first-order valence-electron chi connectivity index (χ1n) is 6.48. The first kappa shape index (κ1) is 12.8. The molecular weight excluding hydrogens is 306 g/mol. The number of likely N-dealkylation sites (tertiary alicyclic amines) is 1. The highest BCUT2D eigenvalue weighted by molar-refractivity contribution is 9.10. The number of piperidine rings is 1. The number of nitrogens with zero attached hydrogens (tertiary/aromatic N) is 3. The molecule has 1 aromatic carbocycles. The SMILES string of the molecule is CN1CCC(Oc2ncnc3ccc(Br)cc23)CC1. The van der Waals surface area contributed by atoms with Crippen LogP contribution in [0.4, 0.5) is 0 Å². The maximum absolute atomic E-state index is 6.07. The lowest BCUT2D eigenvalue weighted by atomic mass is 10.1. The highest BCUT2D eigenvalue weighted by Crippen LogP contribution is 2.27. The third kappa shape index (κ3) is 2.87. The Kier molecular flexibility index (Phi) is 3.66. The van der Waals surface area contributed by atoms with Crippen LogP contribution < -0.4 is 4.74 Å². The Balaban J connectivity index is 1.86. The first-order chi connectivity index (χ1) is 9.22. The van der Waals surface area contributed by atoms with Gasteiger partial charge in [-0.05, 0) is 38.1 Å². The van der Waals surface area contributed by atoms with Gasteiger partial charge in [0.25, 0.3) is 0 Å². The number of benzene rings is 1. The van der Waals surface area contributed by atoms with E-state index in [0.717, 1.165) is 41.3 Å². The smallest absolute Gasteiger partial charge is 0.224 e. The predicted molar refractivity (Wildman–Crippen MR) is 78.4 cm³/mol. The number of halogens is 1. The molecule has 1 saturated heterocycles. The van der Waals surface area contributed by atoms with Gasteiger partial charge in [0.05, 0.1) is 10.9 Å². The predicted octanol–water partition coefficient (Wildman–Crippen LogP) is 2.87. The quantitative estimate of drug-likeness (QED) is 0.852. The molecule has 0 saturated carbocycles. The Morgan fingerprint density at radius 3 is 2.84 bits per heavy atom. The lowest BCUT2D eigenvalue weighted by Crippen LogP contribution is -2.35. The number of hydrogen-bond donors (Lipinski definition) is 0. The number of aromatic nitrogens is 2. The molecule has 0 atom stereocenters. The molecule has 1 aliphatic heterocycles. The van der Waals surface area contributed by atoms with Gasteiger partial charge < -0.3 is 9.64 Å². The molecule has 2 aromatic rings. The van der Waals surface area contributed by atoms with Crippen LogP contribution in [0.25, 0.3) is 10.9 Å². The number of hydrogen-bond acceptors (Lipinski definition) is 4. The molecule has 19 heavy (non-hydrogen) atoms. The van der Waals surface area contributed by atoms with Gasteiger partial charge in [-0.3, -0.25) is 0 Å². The summed E-state index contributed by atoms with van der Waals surface area (Å²) in [4.78, 5) is 10.9. The van der Waals surface area contributed by atoms with Crippen LogP contribution >= 0.6 is 15.9 Å². The van der Waals surface area contributed by atoms with Crippen molar-refractivity contribution in [3.8, 4) is 5.88 Å². The van der Waals surface area contributed by atoms with Crippen molar-refractivity contribution in [3.63, 3.8) is 0 Å². The third-order valence-electron chi connectivity index (χ3n) is 3.50. The molecule has 1 aliphatic rings. The third-order valence-corrected chi connectivity index (χ3v) is 4.00. The molecule has 1 aromatic heterocycles. The topological polar surface area (TPSA) is 38.2 Å². The fraction of sp³-hybridized carbons (Fsp3) is 0.429. The van der Waals surface area contributed by atoms with Crippen molar-refractivity contribution >= 4 is 26.8 Å². The van der Waals surface area contributed by atoms with Gasteiger partial charge in [-0.15, -0.1) is 0 Å². The van der Waals surface area contributed by atoms with Crippen LogP contribution in [-0.4, -0.2) is 41.1 Å². The summed E-state index contributed by atoms with van der Waals surface area (Å²) < 4.78 is 7.09. The van der Waals surface area contributed by atoms with Crippen LogP contribution in [0.15, 0.2) is 29.0 Å². The average Bonchev–Trinajstić information content (AvgIpc) is 2.42. The van der Waals surface area contributed by atoms with Gasteiger partial charge in [0, 0.05) is 17.6 Å². The van der Waals surface area contributed by atoms with E-state index in [2.05, 4.69) is 37.8 Å². The Labute approximate surface area is 120 Å². The molecule has 0 unspecified atom stereocenters. The average molecular weight is 322 g/mol. The van der Waals surface area contributed by atoms with Crippen molar-refractivity contribution in [3.05, 3.63) is 29.0 Å². The van der Waals surface area contributed by atoms with E-state index in [1.807, 2.05) is 18.2 Å². The minimum absolute atomic E-state index is 0.258. The van der Waals surface area contributed by atoms with Crippen LogP contribution in [0.3, 0.4) is 0 Å². The Bertz CT molecular complexity index is 582. The van der Waals surface area contributed by atoms with Crippen LogP contribution in [0.5, 0.6) is 5.88 Å². The lowest BCUT2D eigenvalue weighted by Gasteiger charge is -2.29.